The van der Waals surface area contributed by atoms with Crippen molar-refractivity contribution >= 4 is 24.4 Å². The number of aryl methyl sites for hydroxylation is 2. The second-order valence-electron chi connectivity index (χ2n) is 13.7. The van der Waals surface area contributed by atoms with Gasteiger partial charge in [-0.05, 0) is 116 Å². The van der Waals surface area contributed by atoms with E-state index < -0.39 is 28.8 Å². The summed E-state index contributed by atoms with van der Waals surface area (Å²) in [7, 11) is 1.59. The zero-order valence-corrected chi connectivity index (χ0v) is 31.7. The highest BCUT2D eigenvalue weighted by Gasteiger charge is 2.33. The third kappa shape index (κ3) is 7.05. The highest BCUT2D eigenvalue weighted by atomic mass is 32.1. The number of quaternary nitrogens is 1. The number of piperidine rings is 1. The van der Waals surface area contributed by atoms with Crippen LogP contribution in [0.4, 0.5) is 0 Å². The molecule has 0 amide bonds. The number of benzene rings is 3. The Morgan fingerprint density at radius 2 is 1.57 bits per heavy atom. The van der Waals surface area contributed by atoms with E-state index in [4.69, 9.17) is 29.2 Å². The lowest BCUT2D eigenvalue weighted by Gasteiger charge is -2.33. The topological polar surface area (TPSA) is 145 Å². The van der Waals surface area contributed by atoms with Crippen LogP contribution in [0.3, 0.4) is 0 Å². The minimum Gasteiger partial charge on any atom is -0.859 e. The van der Waals surface area contributed by atoms with Gasteiger partial charge in [0.1, 0.15) is 18.3 Å². The van der Waals surface area contributed by atoms with Crippen LogP contribution >= 0.6 is 24.4 Å². The molecule has 1 fully saturated rings. The molecule has 54 heavy (non-hydrogen) atoms. The molecule has 1 aliphatic heterocycles. The number of aromatic amines is 2. The van der Waals surface area contributed by atoms with Crippen LogP contribution in [0.1, 0.15) is 70.2 Å². The predicted molar refractivity (Wildman–Crippen MR) is 209 cm³/mol. The van der Waals surface area contributed by atoms with E-state index in [0.29, 0.717) is 29.2 Å². The molecular weight excluding hydrogens is 721 g/mol. The van der Waals surface area contributed by atoms with Gasteiger partial charge in [0, 0.05) is 41.2 Å². The maximum absolute atomic E-state index is 14.7. The molecule has 13 heteroatoms. The number of hydrogen-bond donors (Lipinski definition) is 4. The quantitative estimate of drug-likeness (QED) is 0.144. The van der Waals surface area contributed by atoms with Gasteiger partial charge in [-0.3, -0.25) is 29.1 Å². The van der Waals surface area contributed by atoms with E-state index in [1.54, 1.807) is 55.8 Å². The molecular formula is C41H40N6O5S2. The SMILES string of the molecule is COc1ccc(C(c2c([O-])n(-c3cccc(C)c3)c(=S)[nH]c2=O)c2c(O)n(-c3cccc(C)c3)c(=S)[nH]c2=O)cc1C[NH+]1CCCCC1c1cccnc1. The third-order valence-electron chi connectivity index (χ3n) is 10.2. The summed E-state index contributed by atoms with van der Waals surface area (Å²) in [5.74, 6) is -1.98. The van der Waals surface area contributed by atoms with Gasteiger partial charge in [-0.1, -0.05) is 36.4 Å². The maximum atomic E-state index is 14.7. The first-order valence-corrected chi connectivity index (χ1v) is 18.6. The zero-order chi connectivity index (χ0) is 38.1. The van der Waals surface area contributed by atoms with Gasteiger partial charge in [0.2, 0.25) is 5.88 Å². The van der Waals surface area contributed by atoms with Gasteiger partial charge in [-0.2, -0.15) is 0 Å². The number of ether oxygens (including phenoxy) is 1. The van der Waals surface area contributed by atoms with Gasteiger partial charge in [-0.25, -0.2) is 0 Å². The summed E-state index contributed by atoms with van der Waals surface area (Å²) >= 11 is 11.1. The monoisotopic (exact) mass is 760 g/mol. The summed E-state index contributed by atoms with van der Waals surface area (Å²) in [6.07, 6.45) is 6.81. The van der Waals surface area contributed by atoms with Crippen LogP contribution in [-0.4, -0.2) is 42.8 Å². The second-order valence-corrected chi connectivity index (χ2v) is 14.5. The van der Waals surface area contributed by atoms with Crippen LogP contribution in [0.15, 0.2) is 101 Å². The number of hydrogen-bond acceptors (Lipinski definition) is 8. The van der Waals surface area contributed by atoms with E-state index in [-0.39, 0.29) is 26.7 Å². The Labute approximate surface area is 321 Å². The van der Waals surface area contributed by atoms with Gasteiger partial charge in [-0.15, -0.1) is 0 Å². The molecule has 276 valence electrons. The smallest absolute Gasteiger partial charge is 0.259 e. The van der Waals surface area contributed by atoms with Crippen molar-refractivity contribution in [3.63, 3.8) is 0 Å². The minimum absolute atomic E-state index is 0.0526. The molecule has 3 aromatic heterocycles. The Bertz CT molecular complexity index is 2470. The van der Waals surface area contributed by atoms with E-state index in [9.17, 15) is 19.8 Å². The van der Waals surface area contributed by atoms with E-state index in [1.807, 2.05) is 50.4 Å². The van der Waals surface area contributed by atoms with Gasteiger partial charge < -0.3 is 24.4 Å². The van der Waals surface area contributed by atoms with Crippen molar-refractivity contribution in [2.24, 2.45) is 0 Å². The van der Waals surface area contributed by atoms with Crippen molar-refractivity contribution in [3.05, 3.63) is 160 Å². The van der Waals surface area contributed by atoms with Crippen molar-refractivity contribution in [1.29, 1.82) is 0 Å². The molecule has 0 spiro atoms. The number of pyridine rings is 1. The molecule has 0 aliphatic carbocycles. The summed E-state index contributed by atoms with van der Waals surface area (Å²) in [5, 5.41) is 26.9. The Balaban J connectivity index is 1.48. The molecule has 0 bridgehead atoms. The molecule has 3 atom stereocenters. The average molecular weight is 761 g/mol. The highest BCUT2D eigenvalue weighted by molar-refractivity contribution is 7.71. The van der Waals surface area contributed by atoms with Crippen molar-refractivity contribution < 1.29 is 19.8 Å². The fourth-order valence-corrected chi connectivity index (χ4v) is 8.27. The molecule has 4 heterocycles. The molecule has 7 rings (SSSR count). The standard InChI is InChI=1S/C41H40N6O5S2/c1-24-9-6-12-29(19-24)46-38(50)34(36(48)43-40(46)53)33(35-37(49)44-41(54)47(39(35)51)30-13-7-10-25(2)20-30)26-15-16-32(52-3)28(21-26)23-45-18-5-4-14-31(45)27-11-8-17-42-22-27/h6-13,15-17,19-22,31,33,50-51H,4-5,14,18,23H2,1-3H3,(H,43,48,53)(H,44,49,54). The summed E-state index contributed by atoms with van der Waals surface area (Å²) in [6, 6.07) is 24.0. The number of methoxy groups -OCH3 is 1. The Morgan fingerprint density at radius 1 is 0.907 bits per heavy atom. The van der Waals surface area contributed by atoms with E-state index in [1.165, 1.54) is 14.0 Å². The largest absolute Gasteiger partial charge is 0.859 e. The Morgan fingerprint density at radius 3 is 2.22 bits per heavy atom. The molecule has 3 unspecified atom stereocenters. The normalized spacial score (nSPS) is 16.2. The molecule has 0 radical (unpaired) electrons. The van der Waals surface area contributed by atoms with Gasteiger partial charge >= 0.3 is 0 Å². The fraction of sp³-hybridized carbons (Fsp3) is 0.244. The number of nitrogens with zero attached hydrogens (tertiary/aromatic N) is 3. The summed E-state index contributed by atoms with van der Waals surface area (Å²) in [5.41, 5.74) is 3.03. The van der Waals surface area contributed by atoms with Crippen molar-refractivity contribution in [2.45, 2.75) is 51.6 Å². The van der Waals surface area contributed by atoms with Crippen LogP contribution in [0.25, 0.3) is 11.4 Å². The molecule has 1 saturated heterocycles. The highest BCUT2D eigenvalue weighted by Crippen LogP contribution is 2.39. The van der Waals surface area contributed by atoms with Crippen LogP contribution in [0.5, 0.6) is 17.5 Å². The van der Waals surface area contributed by atoms with E-state index in [2.05, 4.69) is 21.0 Å². The van der Waals surface area contributed by atoms with Crippen molar-refractivity contribution in [3.8, 4) is 28.9 Å². The van der Waals surface area contributed by atoms with Gasteiger partial charge in [0.05, 0.1) is 30.8 Å². The predicted octanol–water partition coefficient (Wildman–Crippen LogP) is 5.39. The first kappa shape index (κ1) is 36.7. The zero-order valence-electron chi connectivity index (χ0n) is 30.1. The van der Waals surface area contributed by atoms with Crippen LogP contribution in [0, 0.1) is 23.4 Å². The molecule has 4 N–H and O–H groups in total. The lowest BCUT2D eigenvalue weighted by molar-refractivity contribution is -0.950. The lowest BCUT2D eigenvalue weighted by Crippen LogP contribution is -3.11. The van der Waals surface area contributed by atoms with Crippen LogP contribution in [0.2, 0.25) is 0 Å². The molecule has 0 saturated carbocycles. The minimum atomic E-state index is -1.36. The number of rotatable bonds is 9. The molecule has 3 aromatic carbocycles. The summed E-state index contributed by atoms with van der Waals surface area (Å²) in [4.78, 5) is 39.3. The Kier molecular flexibility index (Phi) is 10.5. The fourth-order valence-electron chi connectivity index (χ4n) is 7.71. The molecule has 11 nitrogen and oxygen atoms in total. The van der Waals surface area contributed by atoms with Crippen LogP contribution in [-0.2, 0) is 6.54 Å². The first-order chi connectivity index (χ1) is 26.0. The third-order valence-corrected chi connectivity index (χ3v) is 10.8. The Hall–Kier alpha value is -5.63. The van der Waals surface area contributed by atoms with Gasteiger partial charge in [0.15, 0.2) is 9.54 Å². The van der Waals surface area contributed by atoms with Crippen LogP contribution < -0.4 is 25.9 Å². The number of likely N-dealkylation sites (tertiary alicyclic amines) is 1. The molecule has 1 aliphatic rings. The molecule has 6 aromatic rings. The van der Waals surface area contributed by atoms with Crippen molar-refractivity contribution in [1.82, 2.24) is 24.1 Å². The van der Waals surface area contributed by atoms with Crippen molar-refractivity contribution in [2.75, 3.05) is 13.7 Å². The van der Waals surface area contributed by atoms with E-state index >= 15 is 0 Å². The average Bonchev–Trinajstić information content (AvgIpc) is 3.14. The second kappa shape index (κ2) is 15.4. The number of aromatic nitrogens is 5. The number of aromatic hydroxyl groups is 1. The van der Waals surface area contributed by atoms with Gasteiger partial charge in [0.25, 0.3) is 11.1 Å². The number of H-pyrrole nitrogens is 2. The summed E-state index contributed by atoms with van der Waals surface area (Å²) < 4.78 is 8.30. The first-order valence-electron chi connectivity index (χ1n) is 17.8. The summed E-state index contributed by atoms with van der Waals surface area (Å²) in [6.45, 7) is 5.24. The lowest BCUT2D eigenvalue weighted by atomic mass is 9.85. The maximum Gasteiger partial charge on any atom is 0.259 e. The number of nitrogens with one attached hydrogen (secondary N) is 3. The van der Waals surface area contributed by atoms with E-state index in [0.717, 1.165) is 48.1 Å².